The van der Waals surface area contributed by atoms with Gasteiger partial charge in [0.25, 0.3) is 0 Å². The van der Waals surface area contributed by atoms with E-state index in [2.05, 4.69) is 6.07 Å². The number of carbonyl (C=O) groups excluding carboxylic acids is 1. The predicted octanol–water partition coefficient (Wildman–Crippen LogP) is 2.08. The molecule has 1 aliphatic heterocycles. The van der Waals surface area contributed by atoms with Gasteiger partial charge in [0.2, 0.25) is 5.91 Å². The largest absolute Gasteiger partial charge is 0.396 e. The van der Waals surface area contributed by atoms with Crippen molar-refractivity contribution in [3.05, 3.63) is 0 Å². The Balaban J connectivity index is 2.09. The molecule has 19 heavy (non-hydrogen) atoms. The van der Waals surface area contributed by atoms with Crippen molar-refractivity contribution in [3.63, 3.8) is 0 Å². The van der Waals surface area contributed by atoms with E-state index in [1.165, 1.54) is 0 Å². The molecule has 0 aromatic heterocycles. The standard InChI is InChI=1S/C15H24N2O2/c16-12-15(7-3-1-2-4-8-15)14(19)17-9-5-6-13(10-17)11-18/h13,18H,1-11H2. The number of hydrogen-bond acceptors (Lipinski definition) is 3. The third kappa shape index (κ3) is 3.09. The number of rotatable bonds is 2. The molecule has 106 valence electrons. The second-order valence-corrected chi connectivity index (χ2v) is 6.05. The molecule has 2 aliphatic rings. The van der Waals surface area contributed by atoms with Crippen LogP contribution in [-0.2, 0) is 4.79 Å². The highest BCUT2D eigenvalue weighted by Gasteiger charge is 2.42. The molecule has 1 amide bonds. The van der Waals surface area contributed by atoms with E-state index >= 15 is 0 Å². The van der Waals surface area contributed by atoms with Crippen molar-refractivity contribution in [2.75, 3.05) is 19.7 Å². The molecule has 0 aromatic rings. The van der Waals surface area contributed by atoms with Crippen LogP contribution in [0.2, 0.25) is 0 Å². The minimum absolute atomic E-state index is 0.0232. The number of piperidine rings is 1. The zero-order valence-electron chi connectivity index (χ0n) is 11.6. The summed E-state index contributed by atoms with van der Waals surface area (Å²) in [4.78, 5) is 14.6. The van der Waals surface area contributed by atoms with E-state index < -0.39 is 5.41 Å². The third-order valence-corrected chi connectivity index (χ3v) is 4.64. The summed E-state index contributed by atoms with van der Waals surface area (Å²) in [5.74, 6) is 0.217. The zero-order valence-corrected chi connectivity index (χ0v) is 11.6. The average Bonchev–Trinajstić information content (AvgIpc) is 2.73. The molecule has 1 heterocycles. The Morgan fingerprint density at radius 2 is 1.95 bits per heavy atom. The van der Waals surface area contributed by atoms with Crippen molar-refractivity contribution < 1.29 is 9.90 Å². The lowest BCUT2D eigenvalue weighted by molar-refractivity contribution is -0.142. The second kappa shape index (κ2) is 6.38. The van der Waals surface area contributed by atoms with Crippen LogP contribution in [0.25, 0.3) is 0 Å². The predicted molar refractivity (Wildman–Crippen MR) is 72.1 cm³/mol. The van der Waals surface area contributed by atoms with Gasteiger partial charge in [-0.15, -0.1) is 0 Å². The molecule has 1 atom stereocenters. The Kier molecular flexibility index (Phi) is 4.81. The van der Waals surface area contributed by atoms with Gasteiger partial charge >= 0.3 is 0 Å². The van der Waals surface area contributed by atoms with Crippen LogP contribution in [0.4, 0.5) is 0 Å². The molecule has 1 saturated heterocycles. The molecule has 0 radical (unpaired) electrons. The zero-order chi connectivity index (χ0) is 13.7. The van der Waals surface area contributed by atoms with Crippen molar-refractivity contribution in [1.29, 1.82) is 5.26 Å². The molecule has 4 heteroatoms. The van der Waals surface area contributed by atoms with Crippen molar-refractivity contribution in [2.24, 2.45) is 11.3 Å². The number of nitrogens with zero attached hydrogens (tertiary/aromatic N) is 2. The van der Waals surface area contributed by atoms with Gasteiger partial charge in [0, 0.05) is 19.7 Å². The first-order valence-corrected chi connectivity index (χ1v) is 7.53. The van der Waals surface area contributed by atoms with Crippen molar-refractivity contribution in [1.82, 2.24) is 4.90 Å². The van der Waals surface area contributed by atoms with Gasteiger partial charge in [0.1, 0.15) is 5.41 Å². The summed E-state index contributed by atoms with van der Waals surface area (Å²) in [6, 6.07) is 2.33. The second-order valence-electron chi connectivity index (χ2n) is 6.05. The van der Waals surface area contributed by atoms with E-state index in [-0.39, 0.29) is 18.4 Å². The van der Waals surface area contributed by atoms with Crippen LogP contribution in [0.1, 0.15) is 51.4 Å². The molecule has 4 nitrogen and oxygen atoms in total. The van der Waals surface area contributed by atoms with Crippen LogP contribution in [0.3, 0.4) is 0 Å². The van der Waals surface area contributed by atoms with Gasteiger partial charge in [-0.3, -0.25) is 4.79 Å². The number of aliphatic hydroxyl groups is 1. The molecule has 1 aliphatic carbocycles. The summed E-state index contributed by atoms with van der Waals surface area (Å²) >= 11 is 0. The number of hydrogen-bond donors (Lipinski definition) is 1. The summed E-state index contributed by atoms with van der Waals surface area (Å²) in [7, 11) is 0. The van der Waals surface area contributed by atoms with Crippen LogP contribution in [0.15, 0.2) is 0 Å². The molecule has 2 fully saturated rings. The Labute approximate surface area is 115 Å². The fraction of sp³-hybridized carbons (Fsp3) is 0.867. The maximum absolute atomic E-state index is 12.7. The quantitative estimate of drug-likeness (QED) is 0.777. The molecule has 0 spiro atoms. The first-order chi connectivity index (χ1) is 9.22. The monoisotopic (exact) mass is 264 g/mol. The summed E-state index contributed by atoms with van der Waals surface area (Å²) < 4.78 is 0. The number of carbonyl (C=O) groups is 1. The highest BCUT2D eigenvalue weighted by atomic mass is 16.3. The van der Waals surface area contributed by atoms with Crippen molar-refractivity contribution in [3.8, 4) is 6.07 Å². The minimum Gasteiger partial charge on any atom is -0.396 e. The van der Waals surface area contributed by atoms with Crippen molar-refractivity contribution >= 4 is 5.91 Å². The lowest BCUT2D eigenvalue weighted by Crippen LogP contribution is -2.48. The van der Waals surface area contributed by atoms with Gasteiger partial charge in [-0.1, -0.05) is 25.7 Å². The van der Waals surface area contributed by atoms with E-state index in [1.54, 1.807) is 0 Å². The van der Waals surface area contributed by atoms with E-state index in [1.807, 2.05) is 4.90 Å². The number of likely N-dealkylation sites (tertiary alicyclic amines) is 1. The molecular weight excluding hydrogens is 240 g/mol. The van der Waals surface area contributed by atoms with Crippen LogP contribution in [-0.4, -0.2) is 35.6 Å². The van der Waals surface area contributed by atoms with Gasteiger partial charge in [-0.05, 0) is 31.6 Å². The fourth-order valence-corrected chi connectivity index (χ4v) is 3.41. The first-order valence-electron chi connectivity index (χ1n) is 7.53. The first kappa shape index (κ1) is 14.3. The van der Waals surface area contributed by atoms with Gasteiger partial charge in [0.15, 0.2) is 0 Å². The molecule has 0 bridgehead atoms. The number of amides is 1. The maximum Gasteiger partial charge on any atom is 0.243 e. The summed E-state index contributed by atoms with van der Waals surface area (Å²) in [5.41, 5.74) is -0.784. The smallest absolute Gasteiger partial charge is 0.243 e. The SMILES string of the molecule is N#CC1(C(=O)N2CCCC(CO)C2)CCCCCC1. The number of nitriles is 1. The van der Waals surface area contributed by atoms with Crippen molar-refractivity contribution in [2.45, 2.75) is 51.4 Å². The molecule has 1 unspecified atom stereocenters. The molecule has 1 saturated carbocycles. The lowest BCUT2D eigenvalue weighted by Gasteiger charge is -2.37. The maximum atomic E-state index is 12.7. The van der Waals surface area contributed by atoms with Crippen LogP contribution in [0.5, 0.6) is 0 Å². The average molecular weight is 264 g/mol. The van der Waals surface area contributed by atoms with E-state index in [0.717, 1.165) is 45.1 Å². The van der Waals surface area contributed by atoms with Crippen LogP contribution in [0, 0.1) is 22.7 Å². The van der Waals surface area contributed by atoms with Gasteiger partial charge in [-0.2, -0.15) is 5.26 Å². The summed E-state index contributed by atoms with van der Waals surface area (Å²) in [6.45, 7) is 1.51. The Hall–Kier alpha value is -1.08. The van der Waals surface area contributed by atoms with Gasteiger partial charge < -0.3 is 10.0 Å². The van der Waals surface area contributed by atoms with Crippen LogP contribution >= 0.6 is 0 Å². The highest BCUT2D eigenvalue weighted by molar-refractivity contribution is 5.85. The number of aliphatic hydroxyl groups excluding tert-OH is 1. The lowest BCUT2D eigenvalue weighted by atomic mass is 9.79. The minimum atomic E-state index is -0.784. The normalized spacial score (nSPS) is 27.4. The van der Waals surface area contributed by atoms with Gasteiger partial charge in [0.05, 0.1) is 6.07 Å². The fourth-order valence-electron chi connectivity index (χ4n) is 3.41. The molecular formula is C15H24N2O2. The van der Waals surface area contributed by atoms with E-state index in [4.69, 9.17) is 0 Å². The third-order valence-electron chi connectivity index (χ3n) is 4.64. The van der Waals surface area contributed by atoms with E-state index in [9.17, 15) is 15.2 Å². The summed E-state index contributed by atoms with van der Waals surface area (Å²) in [6.07, 6.45) is 7.59. The highest BCUT2D eigenvalue weighted by Crippen LogP contribution is 2.37. The Morgan fingerprint density at radius 1 is 1.26 bits per heavy atom. The molecule has 2 rings (SSSR count). The van der Waals surface area contributed by atoms with E-state index in [0.29, 0.717) is 19.4 Å². The topological polar surface area (TPSA) is 64.3 Å². The molecule has 1 N–H and O–H groups in total. The Bertz CT molecular complexity index is 354. The molecule has 0 aromatic carbocycles. The van der Waals surface area contributed by atoms with Gasteiger partial charge in [-0.25, -0.2) is 0 Å². The van der Waals surface area contributed by atoms with Crippen LogP contribution < -0.4 is 0 Å². The Morgan fingerprint density at radius 3 is 2.53 bits per heavy atom. The summed E-state index contributed by atoms with van der Waals surface area (Å²) in [5, 5.41) is 18.8.